The van der Waals surface area contributed by atoms with Gasteiger partial charge in [0.25, 0.3) is 0 Å². The summed E-state index contributed by atoms with van der Waals surface area (Å²) in [5, 5.41) is 0.669. The molecule has 5 heteroatoms. The van der Waals surface area contributed by atoms with Gasteiger partial charge in [-0.05, 0) is 24.3 Å². The Labute approximate surface area is 115 Å². The predicted molar refractivity (Wildman–Crippen MR) is 76.2 cm³/mol. The molecule has 0 aliphatic carbocycles. The number of methoxy groups -OCH3 is 1. The van der Waals surface area contributed by atoms with E-state index >= 15 is 0 Å². The minimum absolute atomic E-state index is 0.622. The van der Waals surface area contributed by atoms with E-state index in [0.717, 1.165) is 16.3 Å². The van der Waals surface area contributed by atoms with Gasteiger partial charge in [-0.1, -0.05) is 17.7 Å². The predicted octanol–water partition coefficient (Wildman–Crippen LogP) is 3.62. The van der Waals surface area contributed by atoms with Crippen molar-refractivity contribution in [2.45, 2.75) is 10.6 Å². The Morgan fingerprint density at radius 1 is 1.33 bits per heavy atom. The molecule has 2 aromatic rings. The van der Waals surface area contributed by atoms with E-state index in [1.165, 1.54) is 0 Å². The van der Waals surface area contributed by atoms with E-state index in [1.807, 2.05) is 30.3 Å². The number of pyridine rings is 1. The highest BCUT2D eigenvalue weighted by molar-refractivity contribution is 7.98. The Morgan fingerprint density at radius 2 is 2.17 bits per heavy atom. The number of nitrogen functional groups attached to an aromatic ring is 1. The highest BCUT2D eigenvalue weighted by Gasteiger charge is 2.03. The zero-order valence-corrected chi connectivity index (χ0v) is 11.5. The van der Waals surface area contributed by atoms with Crippen molar-refractivity contribution in [2.24, 2.45) is 0 Å². The average Bonchev–Trinajstić information content (AvgIpc) is 2.38. The van der Waals surface area contributed by atoms with Crippen LogP contribution in [0, 0.1) is 0 Å². The molecule has 94 valence electrons. The summed E-state index contributed by atoms with van der Waals surface area (Å²) in [5.74, 6) is 1.36. The fourth-order valence-corrected chi connectivity index (χ4v) is 2.62. The molecule has 0 saturated heterocycles. The van der Waals surface area contributed by atoms with Gasteiger partial charge in [0.05, 0.1) is 17.8 Å². The van der Waals surface area contributed by atoms with Crippen molar-refractivity contribution in [2.75, 3.05) is 12.8 Å². The second kappa shape index (κ2) is 5.98. The number of nitrogens with zero attached hydrogens (tertiary/aromatic N) is 1. The summed E-state index contributed by atoms with van der Waals surface area (Å²) >= 11 is 7.73. The van der Waals surface area contributed by atoms with Gasteiger partial charge in [-0.3, -0.25) is 0 Å². The quantitative estimate of drug-likeness (QED) is 0.686. The van der Waals surface area contributed by atoms with Crippen molar-refractivity contribution in [1.82, 2.24) is 4.98 Å². The second-order valence-electron chi connectivity index (χ2n) is 3.65. The molecule has 0 saturated carbocycles. The smallest absolute Gasteiger partial charge is 0.213 e. The van der Waals surface area contributed by atoms with E-state index in [1.54, 1.807) is 24.9 Å². The van der Waals surface area contributed by atoms with Gasteiger partial charge in [0, 0.05) is 22.4 Å². The number of rotatable bonds is 4. The van der Waals surface area contributed by atoms with Crippen molar-refractivity contribution in [1.29, 1.82) is 0 Å². The van der Waals surface area contributed by atoms with Crippen LogP contribution < -0.4 is 10.5 Å². The fourth-order valence-electron chi connectivity index (χ4n) is 1.44. The molecule has 0 radical (unpaired) electrons. The van der Waals surface area contributed by atoms with Crippen LogP contribution in [0.5, 0.6) is 5.88 Å². The van der Waals surface area contributed by atoms with Crippen LogP contribution in [-0.2, 0) is 5.75 Å². The number of ether oxygens (including phenoxy) is 1. The monoisotopic (exact) mass is 280 g/mol. The number of hydrogen-bond donors (Lipinski definition) is 1. The number of halogens is 1. The molecule has 18 heavy (non-hydrogen) atoms. The molecule has 0 amide bonds. The topological polar surface area (TPSA) is 48.1 Å². The molecule has 0 aliphatic heterocycles. The summed E-state index contributed by atoms with van der Waals surface area (Å²) in [4.78, 5) is 5.34. The van der Waals surface area contributed by atoms with Gasteiger partial charge in [0.2, 0.25) is 5.88 Å². The van der Waals surface area contributed by atoms with E-state index in [4.69, 9.17) is 22.1 Å². The summed E-state index contributed by atoms with van der Waals surface area (Å²) in [7, 11) is 1.61. The van der Waals surface area contributed by atoms with Crippen LogP contribution in [-0.4, -0.2) is 12.1 Å². The van der Waals surface area contributed by atoms with Crippen LogP contribution in [0.25, 0.3) is 0 Å². The largest absolute Gasteiger partial charge is 0.481 e. The molecule has 2 rings (SSSR count). The highest BCUT2D eigenvalue weighted by atomic mass is 35.5. The van der Waals surface area contributed by atoms with Gasteiger partial charge in [-0.2, -0.15) is 0 Å². The van der Waals surface area contributed by atoms with Crippen molar-refractivity contribution in [3.05, 3.63) is 47.1 Å². The first kappa shape index (κ1) is 13.1. The van der Waals surface area contributed by atoms with Gasteiger partial charge in [0.15, 0.2) is 0 Å². The molecule has 0 aliphatic rings. The fraction of sp³-hybridized carbons (Fsp3) is 0.154. The van der Waals surface area contributed by atoms with E-state index in [-0.39, 0.29) is 0 Å². The molecule has 3 nitrogen and oxygen atoms in total. The van der Waals surface area contributed by atoms with Crippen LogP contribution in [0.4, 0.5) is 5.69 Å². The van der Waals surface area contributed by atoms with Gasteiger partial charge in [-0.25, -0.2) is 4.98 Å². The molecule has 2 N–H and O–H groups in total. The van der Waals surface area contributed by atoms with Gasteiger partial charge in [-0.15, -0.1) is 11.8 Å². The lowest BCUT2D eigenvalue weighted by Crippen LogP contribution is -1.92. The third-order valence-corrected chi connectivity index (χ3v) is 3.85. The standard InChI is InChI=1S/C13H13ClN2OS/c1-17-13-4-2-3-10(16-13)8-18-12-6-5-9(15)7-11(12)14/h2-7H,8,15H2,1H3. The summed E-state index contributed by atoms with van der Waals surface area (Å²) < 4.78 is 5.08. The Morgan fingerprint density at radius 3 is 2.89 bits per heavy atom. The number of thioether (sulfide) groups is 1. The first-order chi connectivity index (χ1) is 8.69. The first-order valence-corrected chi connectivity index (χ1v) is 6.73. The van der Waals surface area contributed by atoms with Gasteiger partial charge in [0.1, 0.15) is 0 Å². The molecule has 0 fully saturated rings. The molecule has 1 heterocycles. The number of nitrogens with two attached hydrogens (primary N) is 1. The lowest BCUT2D eigenvalue weighted by Gasteiger charge is -2.06. The SMILES string of the molecule is COc1cccc(CSc2ccc(N)cc2Cl)n1. The van der Waals surface area contributed by atoms with E-state index in [0.29, 0.717) is 16.6 Å². The normalized spacial score (nSPS) is 10.3. The van der Waals surface area contributed by atoms with Crippen LogP contribution in [0.3, 0.4) is 0 Å². The zero-order chi connectivity index (χ0) is 13.0. The lowest BCUT2D eigenvalue weighted by atomic mass is 10.3. The lowest BCUT2D eigenvalue weighted by molar-refractivity contribution is 0.397. The maximum absolute atomic E-state index is 6.11. The Kier molecular flexibility index (Phi) is 4.33. The molecular weight excluding hydrogens is 268 g/mol. The van der Waals surface area contributed by atoms with Crippen LogP contribution in [0.15, 0.2) is 41.3 Å². The van der Waals surface area contributed by atoms with Crippen LogP contribution in [0.2, 0.25) is 5.02 Å². The van der Waals surface area contributed by atoms with Crippen molar-refractivity contribution in [3.8, 4) is 5.88 Å². The minimum Gasteiger partial charge on any atom is -0.481 e. The first-order valence-electron chi connectivity index (χ1n) is 5.37. The number of anilines is 1. The van der Waals surface area contributed by atoms with Crippen molar-refractivity contribution >= 4 is 29.1 Å². The third-order valence-electron chi connectivity index (χ3n) is 2.32. The molecule has 1 aromatic heterocycles. The Bertz CT molecular complexity index is 548. The van der Waals surface area contributed by atoms with Crippen LogP contribution >= 0.6 is 23.4 Å². The van der Waals surface area contributed by atoms with E-state index in [9.17, 15) is 0 Å². The maximum Gasteiger partial charge on any atom is 0.213 e. The zero-order valence-electron chi connectivity index (χ0n) is 9.89. The van der Waals surface area contributed by atoms with Gasteiger partial charge < -0.3 is 10.5 Å². The van der Waals surface area contributed by atoms with Crippen molar-refractivity contribution < 1.29 is 4.74 Å². The summed E-state index contributed by atoms with van der Waals surface area (Å²) in [6, 6.07) is 11.2. The average molecular weight is 281 g/mol. The third kappa shape index (κ3) is 3.31. The number of benzene rings is 1. The summed E-state index contributed by atoms with van der Waals surface area (Å²) in [6.45, 7) is 0. The summed E-state index contributed by atoms with van der Waals surface area (Å²) in [5.41, 5.74) is 7.27. The summed E-state index contributed by atoms with van der Waals surface area (Å²) in [6.07, 6.45) is 0. The Balaban J connectivity index is 2.06. The van der Waals surface area contributed by atoms with Crippen molar-refractivity contribution in [3.63, 3.8) is 0 Å². The molecule has 1 aromatic carbocycles. The highest BCUT2D eigenvalue weighted by Crippen LogP contribution is 2.30. The Hall–Kier alpha value is -1.39. The van der Waals surface area contributed by atoms with Gasteiger partial charge >= 0.3 is 0 Å². The number of aromatic nitrogens is 1. The van der Waals surface area contributed by atoms with E-state index < -0.39 is 0 Å². The molecule has 0 unspecified atom stereocenters. The molecule has 0 bridgehead atoms. The van der Waals surface area contributed by atoms with E-state index in [2.05, 4.69) is 4.98 Å². The number of hydrogen-bond acceptors (Lipinski definition) is 4. The second-order valence-corrected chi connectivity index (χ2v) is 5.07. The maximum atomic E-state index is 6.11. The molecular formula is C13H13ClN2OS. The molecule has 0 atom stereocenters. The minimum atomic E-state index is 0.622. The molecule has 0 spiro atoms. The van der Waals surface area contributed by atoms with Crippen LogP contribution in [0.1, 0.15) is 5.69 Å².